The Morgan fingerprint density at radius 3 is 2.54 bits per heavy atom. The number of rotatable bonds is 4. The quantitative estimate of drug-likeness (QED) is 0.361. The van der Waals surface area contributed by atoms with Gasteiger partial charge in [-0.05, 0) is 30.3 Å². The van der Waals surface area contributed by atoms with Crippen molar-refractivity contribution in [2.45, 2.75) is 0 Å². The van der Waals surface area contributed by atoms with E-state index in [0.29, 0.717) is 11.4 Å². The first-order chi connectivity index (χ1) is 13.4. The van der Waals surface area contributed by atoms with Gasteiger partial charge in [-0.3, -0.25) is 9.59 Å². The minimum Gasteiger partial charge on any atom is -0.478 e. The molecular formula is C18H12N4O6. The van der Waals surface area contributed by atoms with Crippen LogP contribution < -0.4 is 15.9 Å². The van der Waals surface area contributed by atoms with E-state index in [9.17, 15) is 19.6 Å². The number of ether oxygens (including phenoxy) is 1. The number of imidazole rings is 1. The molecule has 10 heteroatoms. The zero-order valence-corrected chi connectivity index (χ0v) is 14.1. The van der Waals surface area contributed by atoms with Crippen LogP contribution in [0.15, 0.2) is 64.7 Å². The zero-order valence-electron chi connectivity index (χ0n) is 14.1. The van der Waals surface area contributed by atoms with Gasteiger partial charge < -0.3 is 24.6 Å². The fourth-order valence-electron chi connectivity index (χ4n) is 2.69. The van der Waals surface area contributed by atoms with Gasteiger partial charge in [-0.25, -0.2) is 9.78 Å². The molecule has 140 valence electrons. The van der Waals surface area contributed by atoms with E-state index < -0.39 is 17.1 Å². The number of hydrogen-bond donors (Lipinski definition) is 3. The molecule has 0 amide bonds. The molecule has 28 heavy (non-hydrogen) atoms. The normalized spacial score (nSPS) is 10.9. The van der Waals surface area contributed by atoms with E-state index in [1.807, 2.05) is 0 Å². The van der Waals surface area contributed by atoms with Crippen LogP contribution in [0.3, 0.4) is 0 Å². The summed E-state index contributed by atoms with van der Waals surface area (Å²) in [5.41, 5.74) is -1.31. The topological polar surface area (TPSA) is 139 Å². The molecule has 0 saturated carbocycles. The molecule has 0 atom stereocenters. The number of carbonyl (C=O) groups is 1. The molecule has 2 heterocycles. The van der Waals surface area contributed by atoms with Crippen LogP contribution in [0.4, 0.5) is 0 Å². The number of benzene rings is 2. The lowest BCUT2D eigenvalue weighted by Crippen LogP contribution is -2.35. The van der Waals surface area contributed by atoms with Crippen molar-refractivity contribution in [2.24, 2.45) is 0 Å². The predicted molar refractivity (Wildman–Crippen MR) is 96.6 cm³/mol. The van der Waals surface area contributed by atoms with Crippen LogP contribution in [0.25, 0.3) is 16.7 Å². The van der Waals surface area contributed by atoms with Gasteiger partial charge in [0.05, 0.1) is 23.1 Å². The molecule has 0 radical (unpaired) electrons. The van der Waals surface area contributed by atoms with Crippen molar-refractivity contribution >= 4 is 17.0 Å². The van der Waals surface area contributed by atoms with Crippen molar-refractivity contribution in [3.63, 3.8) is 0 Å². The summed E-state index contributed by atoms with van der Waals surface area (Å²) < 4.78 is 7.71. The lowest BCUT2D eigenvalue weighted by Gasteiger charge is -2.14. The zero-order chi connectivity index (χ0) is 19.8. The SMILES string of the molecule is O=C(O)c1ccc(Oc2cc3[nH]c(=O)c(=O)n(O)c3cc2-n2ccnc2)cc1. The van der Waals surface area contributed by atoms with Crippen molar-refractivity contribution in [2.75, 3.05) is 0 Å². The summed E-state index contributed by atoms with van der Waals surface area (Å²) in [6.45, 7) is 0. The van der Waals surface area contributed by atoms with Crippen LogP contribution in [-0.4, -0.2) is 35.5 Å². The van der Waals surface area contributed by atoms with E-state index in [4.69, 9.17) is 9.84 Å². The van der Waals surface area contributed by atoms with Crippen molar-refractivity contribution < 1.29 is 19.8 Å². The first-order valence-corrected chi connectivity index (χ1v) is 7.96. The lowest BCUT2D eigenvalue weighted by atomic mass is 10.2. The number of carboxylic acid groups (broad SMARTS) is 1. The van der Waals surface area contributed by atoms with Gasteiger partial charge in [-0.1, -0.05) is 0 Å². The molecular weight excluding hydrogens is 368 g/mol. The van der Waals surface area contributed by atoms with Crippen LogP contribution in [-0.2, 0) is 0 Å². The molecule has 0 aliphatic heterocycles. The highest BCUT2D eigenvalue weighted by molar-refractivity contribution is 5.87. The Bertz CT molecular complexity index is 1300. The summed E-state index contributed by atoms with van der Waals surface area (Å²) in [6.07, 6.45) is 4.66. The van der Waals surface area contributed by atoms with Gasteiger partial charge in [-0.2, -0.15) is 0 Å². The van der Waals surface area contributed by atoms with Gasteiger partial charge in [0, 0.05) is 18.5 Å². The van der Waals surface area contributed by atoms with Crippen molar-refractivity contribution in [1.82, 2.24) is 19.3 Å². The van der Waals surface area contributed by atoms with Crippen LogP contribution in [0, 0.1) is 0 Å². The molecule has 0 aliphatic rings. The minimum atomic E-state index is -1.11. The molecule has 4 rings (SSSR count). The summed E-state index contributed by atoms with van der Waals surface area (Å²) in [4.78, 5) is 40.7. The van der Waals surface area contributed by atoms with Crippen LogP contribution in [0.5, 0.6) is 11.5 Å². The Morgan fingerprint density at radius 1 is 1.14 bits per heavy atom. The Hall–Kier alpha value is -4.34. The van der Waals surface area contributed by atoms with E-state index in [-0.39, 0.29) is 27.1 Å². The monoisotopic (exact) mass is 380 g/mol. The molecule has 2 aromatic carbocycles. The number of H-pyrrole nitrogens is 1. The van der Waals surface area contributed by atoms with E-state index in [2.05, 4.69) is 9.97 Å². The minimum absolute atomic E-state index is 0.0712. The number of fused-ring (bicyclic) bond motifs is 1. The van der Waals surface area contributed by atoms with Gasteiger partial charge in [0.15, 0.2) is 5.75 Å². The molecule has 3 N–H and O–H groups in total. The summed E-state index contributed by atoms with van der Waals surface area (Å²) in [5, 5.41) is 19.0. The number of hydrogen-bond acceptors (Lipinski definition) is 6. The second kappa shape index (κ2) is 6.43. The van der Waals surface area contributed by atoms with E-state index in [0.717, 1.165) is 0 Å². The summed E-state index contributed by atoms with van der Waals surface area (Å²) in [5.74, 6) is -0.428. The predicted octanol–water partition coefficient (Wildman–Crippen LogP) is 1.60. The smallest absolute Gasteiger partial charge is 0.348 e. The summed E-state index contributed by atoms with van der Waals surface area (Å²) >= 11 is 0. The van der Waals surface area contributed by atoms with Gasteiger partial charge in [0.1, 0.15) is 11.3 Å². The molecule has 0 bridgehead atoms. The van der Waals surface area contributed by atoms with Gasteiger partial charge >= 0.3 is 17.1 Å². The van der Waals surface area contributed by atoms with Gasteiger partial charge in [0.25, 0.3) is 0 Å². The molecule has 0 unspecified atom stereocenters. The Morgan fingerprint density at radius 2 is 1.89 bits per heavy atom. The fourth-order valence-corrected chi connectivity index (χ4v) is 2.69. The highest BCUT2D eigenvalue weighted by Crippen LogP contribution is 2.31. The number of aromatic carboxylic acids is 1. The third kappa shape index (κ3) is 2.88. The van der Waals surface area contributed by atoms with E-state index in [1.165, 1.54) is 48.9 Å². The number of nitrogens with one attached hydrogen (secondary N) is 1. The average Bonchev–Trinajstić information content (AvgIpc) is 3.21. The van der Waals surface area contributed by atoms with Gasteiger partial charge in [-0.15, -0.1) is 4.73 Å². The molecule has 0 aliphatic carbocycles. The number of carboxylic acids is 1. The molecule has 10 nitrogen and oxygen atoms in total. The molecule has 4 aromatic rings. The van der Waals surface area contributed by atoms with Crippen molar-refractivity contribution in [3.05, 3.63) is 81.4 Å². The maximum Gasteiger partial charge on any atom is 0.348 e. The number of aromatic amines is 1. The second-order valence-corrected chi connectivity index (χ2v) is 5.81. The summed E-state index contributed by atoms with van der Waals surface area (Å²) in [7, 11) is 0. The lowest BCUT2D eigenvalue weighted by molar-refractivity contribution is 0.0697. The summed E-state index contributed by atoms with van der Waals surface area (Å²) in [6, 6.07) is 8.66. The molecule has 0 saturated heterocycles. The average molecular weight is 380 g/mol. The van der Waals surface area contributed by atoms with Crippen LogP contribution >= 0.6 is 0 Å². The third-order valence-electron chi connectivity index (χ3n) is 4.05. The number of aromatic nitrogens is 4. The molecule has 2 aromatic heterocycles. The largest absolute Gasteiger partial charge is 0.478 e. The maximum atomic E-state index is 11.7. The van der Waals surface area contributed by atoms with Crippen LogP contribution in [0.2, 0.25) is 0 Å². The second-order valence-electron chi connectivity index (χ2n) is 5.81. The Balaban J connectivity index is 1.89. The third-order valence-corrected chi connectivity index (χ3v) is 4.05. The maximum absolute atomic E-state index is 11.7. The Kier molecular flexibility index (Phi) is 3.93. The van der Waals surface area contributed by atoms with E-state index >= 15 is 0 Å². The van der Waals surface area contributed by atoms with Crippen molar-refractivity contribution in [3.8, 4) is 17.2 Å². The first kappa shape index (κ1) is 17.1. The highest BCUT2D eigenvalue weighted by Gasteiger charge is 2.15. The molecule has 0 fully saturated rings. The standard InChI is InChI=1S/C18H12N4O6/c23-16-17(24)22(27)13-8-14(21-6-5-19-9-21)15(7-12(13)20-16)28-11-3-1-10(2-4-11)18(25)26/h1-9,27H,(H,20,23)(H,25,26). The van der Waals surface area contributed by atoms with E-state index in [1.54, 1.807) is 10.8 Å². The molecule has 0 spiro atoms. The van der Waals surface area contributed by atoms with Gasteiger partial charge in [0.2, 0.25) is 0 Å². The van der Waals surface area contributed by atoms with Crippen molar-refractivity contribution in [1.29, 1.82) is 0 Å². The fraction of sp³-hybridized carbons (Fsp3) is 0. The van der Waals surface area contributed by atoms with Crippen LogP contribution in [0.1, 0.15) is 10.4 Å². The Labute approximate surface area is 155 Å². The highest BCUT2D eigenvalue weighted by atomic mass is 16.5. The number of nitrogens with zero attached hydrogens (tertiary/aromatic N) is 3. The first-order valence-electron chi connectivity index (χ1n) is 7.96.